The van der Waals surface area contributed by atoms with E-state index in [9.17, 15) is 9.59 Å². The maximum absolute atomic E-state index is 11.8. The van der Waals surface area contributed by atoms with Crippen LogP contribution < -0.4 is 0 Å². The summed E-state index contributed by atoms with van der Waals surface area (Å²) >= 11 is 0. The highest BCUT2D eigenvalue weighted by Crippen LogP contribution is 2.20. The molecule has 17 heavy (non-hydrogen) atoms. The maximum Gasteiger partial charge on any atom is 0.268 e. The third kappa shape index (κ3) is 2.21. The van der Waals surface area contributed by atoms with Gasteiger partial charge in [-0.1, -0.05) is 5.11 Å². The highest BCUT2D eigenvalue weighted by molar-refractivity contribution is 6.07. The van der Waals surface area contributed by atoms with Crippen molar-refractivity contribution in [2.24, 2.45) is 16.0 Å². The second-order valence-corrected chi connectivity index (χ2v) is 4.15. The van der Waals surface area contributed by atoms with Gasteiger partial charge in [-0.2, -0.15) is 4.99 Å². The first-order valence-electron chi connectivity index (χ1n) is 5.25. The molecule has 2 amide bonds. The van der Waals surface area contributed by atoms with Crippen LogP contribution >= 0.6 is 0 Å². The Morgan fingerprint density at radius 1 is 1.59 bits per heavy atom. The SMILES string of the molecule is CN1CC(=O)N=C1N1CC(CN=[N+]=[N-])CC1=O. The van der Waals surface area contributed by atoms with Crippen molar-refractivity contribution in [1.29, 1.82) is 0 Å². The van der Waals surface area contributed by atoms with E-state index in [-0.39, 0.29) is 24.3 Å². The molecule has 8 heteroatoms. The van der Waals surface area contributed by atoms with E-state index in [4.69, 9.17) is 5.53 Å². The van der Waals surface area contributed by atoms with Gasteiger partial charge in [0, 0.05) is 31.5 Å². The first kappa shape index (κ1) is 11.4. The summed E-state index contributed by atoms with van der Waals surface area (Å²) in [6, 6.07) is 0. The number of nitrogens with zero attached hydrogens (tertiary/aromatic N) is 6. The van der Waals surface area contributed by atoms with Gasteiger partial charge in [-0.05, 0) is 11.4 Å². The van der Waals surface area contributed by atoms with Gasteiger partial charge in [-0.3, -0.25) is 14.5 Å². The standard InChI is InChI=1S/C9H12N6O2/c1-14-5-7(16)12-9(14)15-4-6(2-8(15)17)3-11-13-10/h6H,2-5H2,1H3. The molecule has 0 aromatic heterocycles. The minimum Gasteiger partial charge on any atom is -0.336 e. The second-order valence-electron chi connectivity index (χ2n) is 4.15. The Hall–Kier alpha value is -2.08. The van der Waals surface area contributed by atoms with Crippen molar-refractivity contribution in [3.8, 4) is 0 Å². The molecule has 2 rings (SSSR count). The summed E-state index contributed by atoms with van der Waals surface area (Å²) < 4.78 is 0. The lowest BCUT2D eigenvalue weighted by molar-refractivity contribution is -0.124. The van der Waals surface area contributed by atoms with Crippen LogP contribution in [0.5, 0.6) is 0 Å². The Labute approximate surface area is 97.5 Å². The van der Waals surface area contributed by atoms with E-state index in [0.717, 1.165) is 0 Å². The normalized spacial score (nSPS) is 24.1. The van der Waals surface area contributed by atoms with Crippen molar-refractivity contribution >= 4 is 17.8 Å². The average Bonchev–Trinajstić information content (AvgIpc) is 2.79. The van der Waals surface area contributed by atoms with Crippen LogP contribution in [0.3, 0.4) is 0 Å². The Balaban J connectivity index is 2.08. The Morgan fingerprint density at radius 3 is 2.94 bits per heavy atom. The Kier molecular flexibility index (Phi) is 2.97. The molecule has 0 saturated carbocycles. The minimum absolute atomic E-state index is 0.00482. The van der Waals surface area contributed by atoms with Gasteiger partial charge in [0.1, 0.15) is 6.54 Å². The number of amides is 2. The molecule has 1 saturated heterocycles. The fourth-order valence-corrected chi connectivity index (χ4v) is 2.02. The monoisotopic (exact) mass is 236 g/mol. The largest absolute Gasteiger partial charge is 0.336 e. The first-order valence-corrected chi connectivity index (χ1v) is 5.25. The number of azide groups is 1. The number of carbonyl (C=O) groups is 2. The van der Waals surface area contributed by atoms with E-state index in [1.807, 2.05) is 0 Å². The van der Waals surface area contributed by atoms with Crippen LogP contribution in [0.25, 0.3) is 10.4 Å². The first-order chi connectivity index (χ1) is 8.11. The lowest BCUT2D eigenvalue weighted by Crippen LogP contribution is -2.41. The van der Waals surface area contributed by atoms with Gasteiger partial charge in [0.25, 0.3) is 5.91 Å². The summed E-state index contributed by atoms with van der Waals surface area (Å²) in [4.78, 5) is 32.5. The number of hydrogen-bond donors (Lipinski definition) is 0. The van der Waals surface area contributed by atoms with Crippen molar-refractivity contribution in [1.82, 2.24) is 9.80 Å². The summed E-state index contributed by atoms with van der Waals surface area (Å²) in [6.07, 6.45) is 0.333. The Bertz CT molecular complexity index is 439. The zero-order chi connectivity index (χ0) is 12.4. The fourth-order valence-electron chi connectivity index (χ4n) is 2.02. The smallest absolute Gasteiger partial charge is 0.268 e. The van der Waals surface area contributed by atoms with Crippen molar-refractivity contribution in [3.05, 3.63) is 10.4 Å². The van der Waals surface area contributed by atoms with Gasteiger partial charge in [-0.15, -0.1) is 0 Å². The molecular weight excluding hydrogens is 224 g/mol. The predicted molar refractivity (Wildman–Crippen MR) is 58.9 cm³/mol. The molecule has 0 aliphatic carbocycles. The van der Waals surface area contributed by atoms with Crippen LogP contribution in [-0.4, -0.2) is 54.3 Å². The highest BCUT2D eigenvalue weighted by Gasteiger charge is 2.36. The van der Waals surface area contributed by atoms with Gasteiger partial charge in [0.15, 0.2) is 0 Å². The second kappa shape index (κ2) is 4.42. The molecule has 8 nitrogen and oxygen atoms in total. The molecule has 90 valence electrons. The van der Waals surface area contributed by atoms with Crippen molar-refractivity contribution in [3.63, 3.8) is 0 Å². The minimum atomic E-state index is -0.242. The van der Waals surface area contributed by atoms with Crippen LogP contribution in [0.2, 0.25) is 0 Å². The molecule has 0 aromatic rings. The summed E-state index contributed by atoms with van der Waals surface area (Å²) in [6.45, 7) is 0.956. The topological polar surface area (TPSA) is 102 Å². The highest BCUT2D eigenvalue weighted by atomic mass is 16.2. The maximum atomic E-state index is 11.8. The van der Waals surface area contributed by atoms with Crippen LogP contribution in [0.15, 0.2) is 10.1 Å². The van der Waals surface area contributed by atoms with Gasteiger partial charge in [-0.25, -0.2) is 0 Å². The van der Waals surface area contributed by atoms with Crippen molar-refractivity contribution in [2.45, 2.75) is 6.42 Å². The lowest BCUT2D eigenvalue weighted by atomic mass is 10.1. The number of carbonyl (C=O) groups excluding carboxylic acids is 2. The number of rotatable bonds is 2. The van der Waals surface area contributed by atoms with Gasteiger partial charge < -0.3 is 4.90 Å². The molecule has 2 aliphatic rings. The number of hydrogen-bond acceptors (Lipinski definition) is 4. The summed E-state index contributed by atoms with van der Waals surface area (Å²) in [7, 11) is 1.72. The van der Waals surface area contributed by atoms with Crippen LogP contribution in [0.1, 0.15) is 6.42 Å². The summed E-state index contributed by atoms with van der Waals surface area (Å²) in [5.74, 6) is 0.0888. The van der Waals surface area contributed by atoms with Gasteiger partial charge in [0.05, 0.1) is 0 Å². The van der Waals surface area contributed by atoms with E-state index in [1.165, 1.54) is 4.90 Å². The summed E-state index contributed by atoms with van der Waals surface area (Å²) in [5, 5.41) is 3.46. The molecule has 0 N–H and O–H groups in total. The number of aliphatic imine (C=N–C) groups is 1. The third-order valence-corrected chi connectivity index (χ3v) is 2.79. The predicted octanol–water partition coefficient (Wildman–Crippen LogP) is -0.0268. The molecule has 0 radical (unpaired) electrons. The van der Waals surface area contributed by atoms with Crippen molar-refractivity contribution in [2.75, 3.05) is 26.7 Å². The van der Waals surface area contributed by atoms with Crippen LogP contribution in [0, 0.1) is 5.92 Å². The van der Waals surface area contributed by atoms with E-state index in [1.54, 1.807) is 11.9 Å². The molecule has 2 aliphatic heterocycles. The van der Waals surface area contributed by atoms with E-state index in [2.05, 4.69) is 15.0 Å². The average molecular weight is 236 g/mol. The van der Waals surface area contributed by atoms with Gasteiger partial charge in [0.2, 0.25) is 11.9 Å². The summed E-state index contributed by atoms with van der Waals surface area (Å²) in [5.41, 5.74) is 8.23. The lowest BCUT2D eigenvalue weighted by Gasteiger charge is -2.21. The van der Waals surface area contributed by atoms with E-state index >= 15 is 0 Å². The zero-order valence-electron chi connectivity index (χ0n) is 9.41. The quantitative estimate of drug-likeness (QED) is 0.382. The van der Waals surface area contributed by atoms with E-state index < -0.39 is 0 Å². The zero-order valence-corrected chi connectivity index (χ0v) is 9.41. The third-order valence-electron chi connectivity index (χ3n) is 2.79. The number of likely N-dealkylation sites (tertiary alicyclic amines) is 1. The molecule has 1 atom stereocenters. The number of guanidine groups is 1. The molecular formula is C9H12N6O2. The molecule has 0 bridgehead atoms. The molecule has 0 spiro atoms. The molecule has 1 unspecified atom stereocenters. The van der Waals surface area contributed by atoms with Crippen LogP contribution in [0.4, 0.5) is 0 Å². The fraction of sp³-hybridized carbons (Fsp3) is 0.667. The number of likely N-dealkylation sites (N-methyl/N-ethyl adjacent to an activating group) is 1. The van der Waals surface area contributed by atoms with E-state index in [0.29, 0.717) is 25.5 Å². The van der Waals surface area contributed by atoms with Gasteiger partial charge >= 0.3 is 0 Å². The van der Waals surface area contributed by atoms with Crippen LogP contribution in [-0.2, 0) is 9.59 Å². The molecule has 1 fully saturated rings. The van der Waals surface area contributed by atoms with Crippen molar-refractivity contribution < 1.29 is 9.59 Å². The molecule has 0 aromatic carbocycles. The molecule has 2 heterocycles. The Morgan fingerprint density at radius 2 is 2.35 bits per heavy atom.